The third-order valence-electron chi connectivity index (χ3n) is 5.40. The first-order valence-electron chi connectivity index (χ1n) is 9.49. The Hall–Kier alpha value is -2.97. The van der Waals surface area contributed by atoms with Crippen LogP contribution in [0.3, 0.4) is 0 Å². The van der Waals surface area contributed by atoms with Crippen LogP contribution in [0, 0.1) is 0 Å². The quantitative estimate of drug-likeness (QED) is 0.682. The molecule has 3 aromatic rings. The molecule has 140 valence electrons. The summed E-state index contributed by atoms with van der Waals surface area (Å²) in [5.41, 5.74) is 1.74. The highest BCUT2D eigenvalue weighted by Gasteiger charge is 2.23. The Bertz CT molecular complexity index is 939. The lowest BCUT2D eigenvalue weighted by Crippen LogP contribution is -2.47. The van der Waals surface area contributed by atoms with Crippen LogP contribution in [0.15, 0.2) is 24.9 Å². The molecule has 5 heterocycles. The fourth-order valence-electron chi connectivity index (χ4n) is 3.90. The standard InChI is InChI=1S/C18H23N9/c1-24-13-22-15-16(24)20-12-21-17(15)26-10-8-25(9-11-26)14-4-5-19-18(23-14)27-6-2-3-7-27/h4-5,12-13H,2-3,6-11H2,1H3. The lowest BCUT2D eigenvalue weighted by atomic mass is 10.3. The van der Waals surface area contributed by atoms with E-state index in [1.807, 2.05) is 23.9 Å². The minimum Gasteiger partial charge on any atom is -0.353 e. The summed E-state index contributed by atoms with van der Waals surface area (Å²) < 4.78 is 1.93. The summed E-state index contributed by atoms with van der Waals surface area (Å²) in [6.07, 6.45) is 7.75. The second-order valence-corrected chi connectivity index (χ2v) is 7.11. The molecule has 5 rings (SSSR count). The molecule has 0 unspecified atom stereocenters. The molecule has 9 heteroatoms. The summed E-state index contributed by atoms with van der Waals surface area (Å²) in [5, 5.41) is 0. The van der Waals surface area contributed by atoms with E-state index in [1.165, 1.54) is 12.8 Å². The van der Waals surface area contributed by atoms with Crippen molar-refractivity contribution in [1.29, 1.82) is 0 Å². The molecule has 27 heavy (non-hydrogen) atoms. The van der Waals surface area contributed by atoms with E-state index in [9.17, 15) is 0 Å². The minimum atomic E-state index is 0.860. The molecule has 0 bridgehead atoms. The SMILES string of the molecule is Cn1cnc2c(N3CCN(c4ccnc(N5CCCC5)n4)CC3)ncnc21. The zero-order chi connectivity index (χ0) is 18.2. The van der Waals surface area contributed by atoms with Crippen LogP contribution in [-0.4, -0.2) is 68.8 Å². The maximum atomic E-state index is 4.81. The maximum absolute atomic E-state index is 4.81. The summed E-state index contributed by atoms with van der Waals surface area (Å²) in [6, 6.07) is 2.01. The van der Waals surface area contributed by atoms with Crippen molar-refractivity contribution in [2.75, 3.05) is 54.0 Å². The van der Waals surface area contributed by atoms with Gasteiger partial charge >= 0.3 is 0 Å². The number of fused-ring (bicyclic) bond motifs is 1. The summed E-state index contributed by atoms with van der Waals surface area (Å²) in [6.45, 7) is 5.68. The van der Waals surface area contributed by atoms with Gasteiger partial charge in [-0.25, -0.2) is 19.9 Å². The van der Waals surface area contributed by atoms with Gasteiger partial charge in [-0.3, -0.25) is 0 Å². The Kier molecular flexibility index (Phi) is 3.99. The first-order valence-corrected chi connectivity index (χ1v) is 9.49. The molecule has 0 amide bonds. The van der Waals surface area contributed by atoms with Gasteiger partial charge in [-0.05, 0) is 18.9 Å². The van der Waals surface area contributed by atoms with Gasteiger partial charge in [0.2, 0.25) is 5.95 Å². The number of aromatic nitrogens is 6. The highest BCUT2D eigenvalue weighted by atomic mass is 15.3. The van der Waals surface area contributed by atoms with Crippen molar-refractivity contribution in [2.24, 2.45) is 7.05 Å². The Morgan fingerprint density at radius 3 is 2.41 bits per heavy atom. The van der Waals surface area contributed by atoms with E-state index >= 15 is 0 Å². The number of piperazine rings is 1. The monoisotopic (exact) mass is 365 g/mol. The number of imidazole rings is 1. The predicted molar refractivity (Wildman–Crippen MR) is 104 cm³/mol. The van der Waals surface area contributed by atoms with E-state index in [0.29, 0.717) is 0 Å². The summed E-state index contributed by atoms with van der Waals surface area (Å²) in [7, 11) is 1.96. The first-order chi connectivity index (χ1) is 13.3. The van der Waals surface area contributed by atoms with Gasteiger partial charge in [0, 0.05) is 52.5 Å². The smallest absolute Gasteiger partial charge is 0.227 e. The van der Waals surface area contributed by atoms with Crippen molar-refractivity contribution >= 4 is 28.7 Å². The number of hydrogen-bond acceptors (Lipinski definition) is 8. The van der Waals surface area contributed by atoms with Crippen molar-refractivity contribution in [1.82, 2.24) is 29.5 Å². The Balaban J connectivity index is 1.32. The van der Waals surface area contributed by atoms with Crippen molar-refractivity contribution in [2.45, 2.75) is 12.8 Å². The van der Waals surface area contributed by atoms with E-state index < -0.39 is 0 Å². The van der Waals surface area contributed by atoms with E-state index in [1.54, 1.807) is 12.7 Å². The highest BCUT2D eigenvalue weighted by Crippen LogP contribution is 2.24. The molecule has 2 saturated heterocycles. The molecule has 0 spiro atoms. The van der Waals surface area contributed by atoms with Crippen LogP contribution in [0.4, 0.5) is 17.6 Å². The molecule has 0 radical (unpaired) electrons. The summed E-state index contributed by atoms with van der Waals surface area (Å²) in [5.74, 6) is 2.79. The third-order valence-corrected chi connectivity index (χ3v) is 5.40. The highest BCUT2D eigenvalue weighted by molar-refractivity contribution is 5.83. The fraction of sp³-hybridized carbons (Fsp3) is 0.500. The lowest BCUT2D eigenvalue weighted by Gasteiger charge is -2.36. The number of hydrogen-bond donors (Lipinski definition) is 0. The fourth-order valence-corrected chi connectivity index (χ4v) is 3.90. The van der Waals surface area contributed by atoms with Gasteiger partial charge in [0.05, 0.1) is 6.33 Å². The molecular weight excluding hydrogens is 342 g/mol. The minimum absolute atomic E-state index is 0.860. The van der Waals surface area contributed by atoms with Gasteiger partial charge in [0.1, 0.15) is 12.1 Å². The topological polar surface area (TPSA) is 79.1 Å². The molecule has 0 N–H and O–H groups in total. The Labute approximate surface area is 157 Å². The molecule has 0 atom stereocenters. The number of anilines is 3. The van der Waals surface area contributed by atoms with E-state index in [-0.39, 0.29) is 0 Å². The largest absolute Gasteiger partial charge is 0.353 e. The van der Waals surface area contributed by atoms with Crippen LogP contribution >= 0.6 is 0 Å². The van der Waals surface area contributed by atoms with Crippen molar-refractivity contribution in [3.8, 4) is 0 Å². The van der Waals surface area contributed by atoms with Crippen LogP contribution in [0.25, 0.3) is 11.2 Å². The van der Waals surface area contributed by atoms with Crippen LogP contribution in [0.1, 0.15) is 12.8 Å². The average Bonchev–Trinajstić information content (AvgIpc) is 3.39. The number of nitrogens with zero attached hydrogens (tertiary/aromatic N) is 9. The first kappa shape index (κ1) is 16.2. The van der Waals surface area contributed by atoms with E-state index in [0.717, 1.165) is 68.0 Å². The van der Waals surface area contributed by atoms with Crippen molar-refractivity contribution in [3.05, 3.63) is 24.9 Å². The van der Waals surface area contributed by atoms with Crippen molar-refractivity contribution in [3.63, 3.8) is 0 Å². The second-order valence-electron chi connectivity index (χ2n) is 7.11. The van der Waals surface area contributed by atoms with Gasteiger partial charge in [-0.1, -0.05) is 0 Å². The third kappa shape index (κ3) is 2.92. The van der Waals surface area contributed by atoms with Crippen LogP contribution in [0.5, 0.6) is 0 Å². The number of aryl methyl sites for hydroxylation is 1. The molecule has 0 saturated carbocycles. The second kappa shape index (κ2) is 6.64. The molecule has 0 aromatic carbocycles. The van der Waals surface area contributed by atoms with Gasteiger partial charge < -0.3 is 19.3 Å². The molecule has 2 aliphatic rings. The van der Waals surface area contributed by atoms with Gasteiger partial charge in [-0.2, -0.15) is 4.98 Å². The molecule has 3 aromatic heterocycles. The molecule has 0 aliphatic carbocycles. The van der Waals surface area contributed by atoms with E-state index in [4.69, 9.17) is 4.98 Å². The van der Waals surface area contributed by atoms with Crippen molar-refractivity contribution < 1.29 is 0 Å². The summed E-state index contributed by atoms with van der Waals surface area (Å²) >= 11 is 0. The maximum Gasteiger partial charge on any atom is 0.227 e. The zero-order valence-electron chi connectivity index (χ0n) is 15.5. The van der Waals surface area contributed by atoms with Crippen LogP contribution in [-0.2, 0) is 7.05 Å². The summed E-state index contributed by atoms with van der Waals surface area (Å²) in [4.78, 5) is 29.5. The van der Waals surface area contributed by atoms with E-state index in [2.05, 4.69) is 34.6 Å². The molecular formula is C18H23N9. The lowest BCUT2D eigenvalue weighted by molar-refractivity contribution is 0.641. The molecule has 2 aliphatic heterocycles. The molecule has 2 fully saturated rings. The molecule has 9 nitrogen and oxygen atoms in total. The number of rotatable bonds is 3. The average molecular weight is 365 g/mol. The van der Waals surface area contributed by atoms with Crippen LogP contribution in [0.2, 0.25) is 0 Å². The van der Waals surface area contributed by atoms with Gasteiger partial charge in [0.25, 0.3) is 0 Å². The zero-order valence-corrected chi connectivity index (χ0v) is 15.5. The Morgan fingerprint density at radius 2 is 1.59 bits per heavy atom. The van der Waals surface area contributed by atoms with Gasteiger partial charge in [0.15, 0.2) is 17.0 Å². The van der Waals surface area contributed by atoms with Gasteiger partial charge in [-0.15, -0.1) is 0 Å². The Morgan fingerprint density at radius 1 is 0.815 bits per heavy atom. The van der Waals surface area contributed by atoms with Crippen LogP contribution < -0.4 is 14.7 Å². The predicted octanol–water partition coefficient (Wildman–Crippen LogP) is 1.08. The normalized spacial score (nSPS) is 17.9.